The van der Waals surface area contributed by atoms with Crippen molar-refractivity contribution in [2.75, 3.05) is 0 Å². The van der Waals surface area contributed by atoms with Crippen LogP contribution in [0.4, 0.5) is 0 Å². The Morgan fingerprint density at radius 3 is 2.77 bits per heavy atom. The number of hydrogen-bond donors (Lipinski definition) is 0. The normalized spacial score (nSPS) is 24.5. The van der Waals surface area contributed by atoms with Gasteiger partial charge < -0.3 is 0 Å². The monoisotopic (exact) mass is 194 g/mol. The lowest BCUT2D eigenvalue weighted by atomic mass is 9.86. The molecule has 0 bridgehead atoms. The van der Waals surface area contributed by atoms with Crippen LogP contribution in [0.25, 0.3) is 0 Å². The van der Waals surface area contributed by atoms with E-state index in [0.29, 0.717) is 11.3 Å². The van der Waals surface area contributed by atoms with Crippen molar-refractivity contribution < 1.29 is 0 Å². The zero-order chi connectivity index (χ0) is 9.64. The molecule has 1 atom stereocenters. The van der Waals surface area contributed by atoms with Crippen LogP contribution in [-0.2, 0) is 5.41 Å². The number of halogens is 1. The predicted molar refractivity (Wildman–Crippen MR) is 57.5 cm³/mol. The molecule has 0 N–H and O–H groups in total. The summed E-state index contributed by atoms with van der Waals surface area (Å²) in [6.07, 6.45) is 1.24. The molecule has 1 aromatic carbocycles. The lowest BCUT2D eigenvalue weighted by Crippen LogP contribution is -2.11. The second-order valence-corrected chi connectivity index (χ2v) is 5.16. The van der Waals surface area contributed by atoms with Gasteiger partial charge in [-0.2, -0.15) is 0 Å². The summed E-state index contributed by atoms with van der Waals surface area (Å²) in [5.74, 6) is 0.683. The zero-order valence-corrected chi connectivity index (χ0v) is 9.15. The Morgan fingerprint density at radius 2 is 2.08 bits per heavy atom. The van der Waals surface area contributed by atoms with Crippen molar-refractivity contribution in [2.45, 2.75) is 38.5 Å². The predicted octanol–water partition coefficient (Wildman–Crippen LogP) is 4.12. The van der Waals surface area contributed by atoms with E-state index < -0.39 is 0 Å². The molecule has 1 aliphatic rings. The molecule has 70 valence electrons. The van der Waals surface area contributed by atoms with Crippen molar-refractivity contribution in [3.63, 3.8) is 0 Å². The molecule has 13 heavy (non-hydrogen) atoms. The Labute approximate surface area is 84.9 Å². The molecular weight excluding hydrogens is 180 g/mol. The number of rotatable bonds is 0. The van der Waals surface area contributed by atoms with Crippen LogP contribution in [0, 0.1) is 0 Å². The summed E-state index contributed by atoms with van der Waals surface area (Å²) in [6.45, 7) is 6.89. The lowest BCUT2D eigenvalue weighted by Gasteiger charge is -2.18. The van der Waals surface area contributed by atoms with Gasteiger partial charge in [0.05, 0.1) is 0 Å². The van der Waals surface area contributed by atoms with E-state index in [-0.39, 0.29) is 0 Å². The maximum absolute atomic E-state index is 6.00. The van der Waals surface area contributed by atoms with Gasteiger partial charge in [-0.15, -0.1) is 0 Å². The molecule has 1 heteroatoms. The number of fused-ring (bicyclic) bond motifs is 1. The van der Waals surface area contributed by atoms with Crippen molar-refractivity contribution in [3.8, 4) is 0 Å². The van der Waals surface area contributed by atoms with Crippen LogP contribution >= 0.6 is 11.6 Å². The minimum absolute atomic E-state index is 0.305. The van der Waals surface area contributed by atoms with Gasteiger partial charge in [-0.05, 0) is 41.0 Å². The molecule has 0 saturated carbocycles. The number of benzene rings is 1. The van der Waals surface area contributed by atoms with Crippen molar-refractivity contribution >= 4 is 11.6 Å². The Bertz CT molecular complexity index is 339. The lowest BCUT2D eigenvalue weighted by molar-refractivity contribution is 0.489. The van der Waals surface area contributed by atoms with Gasteiger partial charge in [0.2, 0.25) is 0 Å². The summed E-state index contributed by atoms with van der Waals surface area (Å²) >= 11 is 6.00. The zero-order valence-electron chi connectivity index (χ0n) is 8.39. The quantitative estimate of drug-likeness (QED) is 0.583. The Hall–Kier alpha value is -0.490. The van der Waals surface area contributed by atoms with Gasteiger partial charge in [-0.1, -0.05) is 38.4 Å². The Kier molecular flexibility index (Phi) is 1.92. The molecule has 0 amide bonds. The maximum Gasteiger partial charge on any atom is 0.0409 e. The topological polar surface area (TPSA) is 0 Å². The minimum atomic E-state index is 0.305. The molecule has 0 aromatic heterocycles. The highest BCUT2D eigenvalue weighted by atomic mass is 35.5. The summed E-state index contributed by atoms with van der Waals surface area (Å²) < 4.78 is 0. The van der Waals surface area contributed by atoms with E-state index in [4.69, 9.17) is 11.6 Å². The van der Waals surface area contributed by atoms with Gasteiger partial charge in [0.1, 0.15) is 0 Å². The van der Waals surface area contributed by atoms with Crippen LogP contribution in [0.15, 0.2) is 18.2 Å². The third kappa shape index (κ3) is 1.38. The van der Waals surface area contributed by atoms with E-state index in [1.165, 1.54) is 17.5 Å². The van der Waals surface area contributed by atoms with Gasteiger partial charge in [0.25, 0.3) is 0 Å². The Morgan fingerprint density at radius 1 is 1.38 bits per heavy atom. The second-order valence-electron chi connectivity index (χ2n) is 4.72. The molecule has 0 nitrogen and oxygen atoms in total. The standard InChI is InChI=1S/C12H15Cl/c1-8-7-12(2,3)11-6-9(13)4-5-10(8)11/h4-6,8H,7H2,1-3H3. The average Bonchev–Trinajstić information content (AvgIpc) is 2.23. The maximum atomic E-state index is 6.00. The molecule has 0 saturated heterocycles. The third-order valence-corrected chi connectivity index (χ3v) is 3.33. The fraction of sp³-hybridized carbons (Fsp3) is 0.500. The Balaban J connectivity index is 2.60. The summed E-state index contributed by atoms with van der Waals surface area (Å²) in [6, 6.07) is 6.30. The van der Waals surface area contributed by atoms with Gasteiger partial charge in [-0.25, -0.2) is 0 Å². The van der Waals surface area contributed by atoms with Gasteiger partial charge in [0, 0.05) is 5.02 Å². The molecule has 0 radical (unpaired) electrons. The van der Waals surface area contributed by atoms with E-state index in [0.717, 1.165) is 5.02 Å². The molecule has 0 aliphatic heterocycles. The van der Waals surface area contributed by atoms with Gasteiger partial charge >= 0.3 is 0 Å². The second kappa shape index (κ2) is 2.75. The summed E-state index contributed by atoms with van der Waals surface area (Å²) in [5, 5.41) is 0.862. The highest BCUT2D eigenvalue weighted by Gasteiger charge is 2.34. The molecule has 0 heterocycles. The number of hydrogen-bond acceptors (Lipinski definition) is 0. The van der Waals surface area contributed by atoms with Crippen LogP contribution in [-0.4, -0.2) is 0 Å². The van der Waals surface area contributed by atoms with E-state index >= 15 is 0 Å². The van der Waals surface area contributed by atoms with Crippen molar-refractivity contribution in [3.05, 3.63) is 34.3 Å². The molecule has 2 rings (SSSR count). The van der Waals surface area contributed by atoms with Crippen molar-refractivity contribution in [2.24, 2.45) is 0 Å². The van der Waals surface area contributed by atoms with E-state index in [1.54, 1.807) is 0 Å². The fourth-order valence-corrected chi connectivity index (χ4v) is 2.70. The van der Waals surface area contributed by atoms with Crippen molar-refractivity contribution in [1.82, 2.24) is 0 Å². The first-order valence-corrected chi connectivity index (χ1v) is 5.18. The first kappa shape index (κ1) is 9.08. The third-order valence-electron chi connectivity index (χ3n) is 3.09. The largest absolute Gasteiger partial charge is 0.0843 e. The summed E-state index contributed by atoms with van der Waals surface area (Å²) in [4.78, 5) is 0. The highest BCUT2D eigenvalue weighted by molar-refractivity contribution is 6.30. The van der Waals surface area contributed by atoms with Crippen LogP contribution in [0.3, 0.4) is 0 Å². The van der Waals surface area contributed by atoms with E-state index in [1.807, 2.05) is 6.07 Å². The molecule has 0 fully saturated rings. The molecule has 1 aromatic rings. The van der Waals surface area contributed by atoms with Crippen LogP contribution in [0.1, 0.15) is 44.2 Å². The molecule has 0 spiro atoms. The van der Waals surface area contributed by atoms with Crippen LogP contribution in [0.5, 0.6) is 0 Å². The fourth-order valence-electron chi connectivity index (χ4n) is 2.53. The first-order valence-electron chi connectivity index (χ1n) is 4.80. The molecule has 1 aliphatic carbocycles. The van der Waals surface area contributed by atoms with Crippen molar-refractivity contribution in [1.29, 1.82) is 0 Å². The summed E-state index contributed by atoms with van der Waals surface area (Å²) in [5.41, 5.74) is 3.22. The van der Waals surface area contributed by atoms with Crippen LogP contribution in [0.2, 0.25) is 5.02 Å². The smallest absolute Gasteiger partial charge is 0.0409 e. The van der Waals surface area contributed by atoms with E-state index in [2.05, 4.69) is 32.9 Å². The van der Waals surface area contributed by atoms with Gasteiger partial charge in [-0.3, -0.25) is 0 Å². The minimum Gasteiger partial charge on any atom is -0.0843 e. The van der Waals surface area contributed by atoms with Gasteiger partial charge in [0.15, 0.2) is 0 Å². The highest BCUT2D eigenvalue weighted by Crippen LogP contribution is 2.46. The molecular formula is C12H15Cl. The van der Waals surface area contributed by atoms with E-state index in [9.17, 15) is 0 Å². The average molecular weight is 195 g/mol. The van der Waals surface area contributed by atoms with Crippen LogP contribution < -0.4 is 0 Å². The SMILES string of the molecule is CC1CC(C)(C)c2cc(Cl)ccc21. The summed E-state index contributed by atoms with van der Waals surface area (Å²) in [7, 11) is 0. The molecule has 1 unspecified atom stereocenters. The first-order chi connectivity index (χ1) is 6.00.